The lowest BCUT2D eigenvalue weighted by Crippen LogP contribution is -2.44. The second-order valence-electron chi connectivity index (χ2n) is 11.2. The summed E-state index contributed by atoms with van der Waals surface area (Å²) < 4.78 is 2.41. The Balaban J connectivity index is 1.56. The van der Waals surface area contributed by atoms with Crippen LogP contribution in [0.2, 0.25) is 0 Å². The lowest BCUT2D eigenvalue weighted by atomic mass is 10.0. The van der Waals surface area contributed by atoms with Crippen molar-refractivity contribution in [3.8, 4) is 22.6 Å². The monoisotopic (exact) mass is 518 g/mol. The van der Waals surface area contributed by atoms with Crippen molar-refractivity contribution in [1.82, 2.24) is 24.3 Å². The third-order valence-corrected chi connectivity index (χ3v) is 8.10. The van der Waals surface area contributed by atoms with Crippen molar-refractivity contribution in [3.63, 3.8) is 0 Å². The molecule has 2 aromatic heterocycles. The number of anilines is 1. The second kappa shape index (κ2) is 10.4. The van der Waals surface area contributed by atoms with Crippen molar-refractivity contribution in [3.05, 3.63) is 77.9 Å². The summed E-state index contributed by atoms with van der Waals surface area (Å²) in [5.74, 6) is 0.996. The molecule has 1 saturated heterocycles. The molecule has 0 saturated carbocycles. The number of likely N-dealkylation sites (N-methyl/N-ethyl adjacent to an activating group) is 2. The average molecular weight is 519 g/mol. The Hall–Kier alpha value is -3.74. The summed E-state index contributed by atoms with van der Waals surface area (Å²) in [5.41, 5.74) is 10.1. The quantitative estimate of drug-likeness (QED) is 0.282. The van der Waals surface area contributed by atoms with E-state index in [9.17, 15) is 0 Å². The highest BCUT2D eigenvalue weighted by atomic mass is 15.2. The van der Waals surface area contributed by atoms with Gasteiger partial charge >= 0.3 is 0 Å². The molecular formula is C33H38N6. The molecule has 3 aromatic carbocycles. The number of benzene rings is 3. The SMILES string of the molecule is Cc1cc2nc(-c3ccc(N4CCN(C)CC4)cc3)c3nc(-c4ccccc4)n(CCN(C)C)c3c2cc1C. The molecule has 0 bridgehead atoms. The number of piperazine rings is 1. The molecule has 6 rings (SSSR count). The number of hydrogen-bond acceptors (Lipinski definition) is 5. The van der Waals surface area contributed by atoms with E-state index in [2.05, 4.69) is 121 Å². The van der Waals surface area contributed by atoms with Crippen LogP contribution in [0.3, 0.4) is 0 Å². The predicted octanol–water partition coefficient (Wildman–Crippen LogP) is 5.85. The molecule has 0 spiro atoms. The first-order valence-corrected chi connectivity index (χ1v) is 13.9. The van der Waals surface area contributed by atoms with Gasteiger partial charge in [-0.3, -0.25) is 0 Å². The molecule has 0 amide bonds. The minimum absolute atomic E-state index is 0.849. The van der Waals surface area contributed by atoms with Crippen LogP contribution in [0, 0.1) is 13.8 Å². The lowest BCUT2D eigenvalue weighted by Gasteiger charge is -2.34. The van der Waals surface area contributed by atoms with Gasteiger partial charge in [-0.05, 0) is 70.4 Å². The third-order valence-electron chi connectivity index (χ3n) is 8.10. The van der Waals surface area contributed by atoms with E-state index >= 15 is 0 Å². The maximum atomic E-state index is 5.33. The van der Waals surface area contributed by atoms with Gasteiger partial charge < -0.3 is 19.3 Å². The van der Waals surface area contributed by atoms with Crippen molar-refractivity contribution >= 4 is 27.6 Å². The van der Waals surface area contributed by atoms with Crippen molar-refractivity contribution in [2.24, 2.45) is 0 Å². The summed E-state index contributed by atoms with van der Waals surface area (Å²) in [6.45, 7) is 10.4. The molecule has 5 aromatic rings. The molecule has 0 N–H and O–H groups in total. The van der Waals surface area contributed by atoms with Crippen molar-refractivity contribution in [2.45, 2.75) is 20.4 Å². The van der Waals surface area contributed by atoms with E-state index in [4.69, 9.17) is 9.97 Å². The van der Waals surface area contributed by atoms with E-state index in [0.717, 1.165) is 72.9 Å². The van der Waals surface area contributed by atoms with Crippen LogP contribution < -0.4 is 4.90 Å². The molecule has 0 atom stereocenters. The van der Waals surface area contributed by atoms with Gasteiger partial charge in [0.1, 0.15) is 11.3 Å². The Morgan fingerprint density at radius 2 is 1.49 bits per heavy atom. The fourth-order valence-corrected chi connectivity index (χ4v) is 5.57. The zero-order chi connectivity index (χ0) is 27.1. The van der Waals surface area contributed by atoms with Crippen LogP contribution in [-0.2, 0) is 6.54 Å². The van der Waals surface area contributed by atoms with Gasteiger partial charge in [0.15, 0.2) is 0 Å². The predicted molar refractivity (Wildman–Crippen MR) is 164 cm³/mol. The minimum Gasteiger partial charge on any atom is -0.369 e. The maximum absolute atomic E-state index is 5.33. The van der Waals surface area contributed by atoms with Gasteiger partial charge in [0.25, 0.3) is 0 Å². The molecule has 0 radical (unpaired) electrons. The van der Waals surface area contributed by atoms with E-state index in [-0.39, 0.29) is 0 Å². The molecule has 1 fully saturated rings. The van der Waals surface area contributed by atoms with Crippen LogP contribution in [0.1, 0.15) is 11.1 Å². The Bertz CT molecular complexity index is 1610. The van der Waals surface area contributed by atoms with E-state index < -0.39 is 0 Å². The van der Waals surface area contributed by atoms with Crippen LogP contribution >= 0.6 is 0 Å². The van der Waals surface area contributed by atoms with Crippen LogP contribution in [-0.4, -0.2) is 78.2 Å². The molecule has 1 aliphatic rings. The summed E-state index contributed by atoms with van der Waals surface area (Å²) in [4.78, 5) is 17.7. The second-order valence-corrected chi connectivity index (χ2v) is 11.2. The Morgan fingerprint density at radius 3 is 2.18 bits per heavy atom. The molecular weight excluding hydrogens is 480 g/mol. The Morgan fingerprint density at radius 1 is 0.795 bits per heavy atom. The largest absolute Gasteiger partial charge is 0.369 e. The highest BCUT2D eigenvalue weighted by Crippen LogP contribution is 2.37. The van der Waals surface area contributed by atoms with Crippen LogP contribution in [0.25, 0.3) is 44.6 Å². The Kier molecular flexibility index (Phi) is 6.83. The van der Waals surface area contributed by atoms with Crippen molar-refractivity contribution in [1.29, 1.82) is 0 Å². The standard InChI is InChI=1S/C33H38N6/c1-23-21-28-29(22-24(23)2)34-30(25-11-13-27(14-12-25)38-18-16-37(5)17-19-38)31-32(28)39(20-15-36(3)4)33(35-31)26-9-7-6-8-10-26/h6-14,21-22H,15-20H2,1-5H3. The van der Waals surface area contributed by atoms with Gasteiger partial charge in [-0.1, -0.05) is 42.5 Å². The smallest absolute Gasteiger partial charge is 0.141 e. The molecule has 0 aliphatic carbocycles. The van der Waals surface area contributed by atoms with E-state index in [1.54, 1.807) is 0 Å². The molecule has 3 heterocycles. The number of imidazole rings is 1. The van der Waals surface area contributed by atoms with Crippen LogP contribution in [0.4, 0.5) is 5.69 Å². The van der Waals surface area contributed by atoms with Crippen LogP contribution in [0.15, 0.2) is 66.7 Å². The first-order valence-electron chi connectivity index (χ1n) is 13.9. The molecule has 0 unspecified atom stereocenters. The number of pyridine rings is 1. The number of nitrogens with zero attached hydrogens (tertiary/aromatic N) is 6. The van der Waals surface area contributed by atoms with Gasteiger partial charge in [0.2, 0.25) is 0 Å². The van der Waals surface area contributed by atoms with E-state index in [0.29, 0.717) is 0 Å². The molecule has 39 heavy (non-hydrogen) atoms. The number of hydrogen-bond donors (Lipinski definition) is 0. The van der Waals surface area contributed by atoms with Gasteiger partial charge in [0.05, 0.1) is 16.7 Å². The minimum atomic E-state index is 0.849. The van der Waals surface area contributed by atoms with E-state index in [1.165, 1.54) is 27.7 Å². The Labute approximate surface area is 231 Å². The maximum Gasteiger partial charge on any atom is 0.141 e. The first-order chi connectivity index (χ1) is 18.9. The van der Waals surface area contributed by atoms with Gasteiger partial charge in [-0.15, -0.1) is 0 Å². The summed E-state index contributed by atoms with van der Waals surface area (Å²) in [6.07, 6.45) is 0. The molecule has 200 valence electrons. The first kappa shape index (κ1) is 25.5. The average Bonchev–Trinajstić information content (AvgIpc) is 3.33. The van der Waals surface area contributed by atoms with Gasteiger partial charge in [-0.25, -0.2) is 9.97 Å². The summed E-state index contributed by atoms with van der Waals surface area (Å²) >= 11 is 0. The van der Waals surface area contributed by atoms with Crippen molar-refractivity contribution < 1.29 is 0 Å². The summed E-state index contributed by atoms with van der Waals surface area (Å²) in [6, 6.07) is 24.0. The van der Waals surface area contributed by atoms with E-state index in [1.807, 2.05) is 0 Å². The number of aromatic nitrogens is 3. The highest BCUT2D eigenvalue weighted by Gasteiger charge is 2.22. The summed E-state index contributed by atoms with van der Waals surface area (Å²) in [5, 5.41) is 1.17. The summed E-state index contributed by atoms with van der Waals surface area (Å²) in [7, 11) is 6.45. The lowest BCUT2D eigenvalue weighted by molar-refractivity contribution is 0.313. The van der Waals surface area contributed by atoms with Crippen molar-refractivity contribution in [2.75, 3.05) is 58.8 Å². The normalized spacial score (nSPS) is 14.7. The molecule has 6 nitrogen and oxygen atoms in total. The number of fused-ring (bicyclic) bond motifs is 3. The van der Waals surface area contributed by atoms with Crippen LogP contribution in [0.5, 0.6) is 0 Å². The van der Waals surface area contributed by atoms with Gasteiger partial charge in [0, 0.05) is 61.5 Å². The topological polar surface area (TPSA) is 40.4 Å². The molecule has 6 heteroatoms. The fraction of sp³-hybridized carbons (Fsp3) is 0.333. The van der Waals surface area contributed by atoms with Gasteiger partial charge in [-0.2, -0.15) is 0 Å². The third kappa shape index (κ3) is 4.90. The number of rotatable bonds is 6. The fourth-order valence-electron chi connectivity index (χ4n) is 5.57. The number of aryl methyl sites for hydroxylation is 2. The zero-order valence-corrected chi connectivity index (χ0v) is 23.8. The molecule has 1 aliphatic heterocycles. The highest BCUT2D eigenvalue weighted by molar-refractivity contribution is 6.09. The zero-order valence-electron chi connectivity index (χ0n) is 23.8.